The number of nitriles is 1. The normalized spacial score (nSPS) is 15.4. The van der Waals surface area contributed by atoms with E-state index in [0.29, 0.717) is 0 Å². The molecule has 0 spiro atoms. The van der Waals surface area contributed by atoms with Crippen molar-refractivity contribution in [2.75, 3.05) is 13.1 Å². The second-order valence-corrected chi connectivity index (χ2v) is 3.42. The zero-order chi connectivity index (χ0) is 10.3. The minimum absolute atomic E-state index is 0.210. The van der Waals surface area contributed by atoms with Crippen molar-refractivity contribution in [2.24, 2.45) is 0 Å². The van der Waals surface area contributed by atoms with Crippen LogP contribution in [0.4, 0.5) is 0 Å². The maximum atomic E-state index is 9.25. The van der Waals surface area contributed by atoms with Gasteiger partial charge in [0.05, 0.1) is 6.07 Å². The fourth-order valence-electron chi connectivity index (χ4n) is 2.01. The van der Waals surface area contributed by atoms with Gasteiger partial charge >= 0.3 is 0 Å². The molecule has 0 aromatic heterocycles. The van der Waals surface area contributed by atoms with Crippen molar-refractivity contribution in [3.8, 4) is 6.07 Å². The Morgan fingerprint density at radius 3 is 1.92 bits per heavy atom. The third-order valence-electron chi connectivity index (χ3n) is 2.83. The number of rotatable bonds is 6. The maximum Gasteiger partial charge on any atom is 0.108 e. The van der Waals surface area contributed by atoms with E-state index in [-0.39, 0.29) is 5.54 Å². The average Bonchev–Trinajstić information content (AvgIpc) is 2.18. The van der Waals surface area contributed by atoms with Crippen LogP contribution in [0.25, 0.3) is 0 Å². The molecule has 0 aliphatic rings. The van der Waals surface area contributed by atoms with Crippen molar-refractivity contribution in [3.63, 3.8) is 0 Å². The van der Waals surface area contributed by atoms with E-state index in [1.54, 1.807) is 0 Å². The molecule has 0 fully saturated rings. The molecule has 0 aromatic carbocycles. The van der Waals surface area contributed by atoms with Gasteiger partial charge in [0.25, 0.3) is 0 Å². The zero-order valence-electron chi connectivity index (χ0n) is 9.43. The first-order valence-electron chi connectivity index (χ1n) is 5.37. The van der Waals surface area contributed by atoms with Crippen LogP contribution >= 0.6 is 0 Å². The SMILES string of the molecule is CCCC(C#N)(CC)N(CC)CC. The third-order valence-corrected chi connectivity index (χ3v) is 2.83. The van der Waals surface area contributed by atoms with Crippen LogP contribution < -0.4 is 0 Å². The summed E-state index contributed by atoms with van der Waals surface area (Å²) in [7, 11) is 0. The summed E-state index contributed by atoms with van der Waals surface area (Å²) in [5.74, 6) is 0. The zero-order valence-corrected chi connectivity index (χ0v) is 9.43. The minimum Gasteiger partial charge on any atom is -0.286 e. The van der Waals surface area contributed by atoms with Gasteiger partial charge in [0.1, 0.15) is 5.54 Å². The first-order valence-corrected chi connectivity index (χ1v) is 5.37. The summed E-state index contributed by atoms with van der Waals surface area (Å²) in [5, 5.41) is 9.25. The van der Waals surface area contributed by atoms with Crippen molar-refractivity contribution < 1.29 is 0 Å². The molecule has 0 aliphatic heterocycles. The molecule has 2 nitrogen and oxygen atoms in total. The highest BCUT2D eigenvalue weighted by Gasteiger charge is 2.32. The van der Waals surface area contributed by atoms with E-state index < -0.39 is 0 Å². The molecule has 0 bridgehead atoms. The van der Waals surface area contributed by atoms with Crippen LogP contribution in [-0.4, -0.2) is 23.5 Å². The van der Waals surface area contributed by atoms with Gasteiger partial charge in [-0.05, 0) is 25.9 Å². The molecule has 76 valence electrons. The highest BCUT2D eigenvalue weighted by Crippen LogP contribution is 2.24. The summed E-state index contributed by atoms with van der Waals surface area (Å²) in [6.45, 7) is 10.4. The Morgan fingerprint density at radius 1 is 1.15 bits per heavy atom. The van der Waals surface area contributed by atoms with E-state index in [1.165, 1.54) is 0 Å². The highest BCUT2D eigenvalue weighted by molar-refractivity contribution is 5.07. The molecule has 2 heteroatoms. The van der Waals surface area contributed by atoms with Crippen LogP contribution in [-0.2, 0) is 0 Å². The van der Waals surface area contributed by atoms with Crippen molar-refractivity contribution in [3.05, 3.63) is 0 Å². The first-order chi connectivity index (χ1) is 6.20. The van der Waals surface area contributed by atoms with Gasteiger partial charge in [-0.25, -0.2) is 0 Å². The van der Waals surface area contributed by atoms with Gasteiger partial charge in [-0.15, -0.1) is 0 Å². The molecule has 1 unspecified atom stereocenters. The molecule has 0 aliphatic carbocycles. The maximum absolute atomic E-state index is 9.25. The summed E-state index contributed by atoms with van der Waals surface area (Å²) in [5.41, 5.74) is -0.210. The molecule has 0 rings (SSSR count). The number of nitrogens with zero attached hydrogens (tertiary/aromatic N) is 2. The van der Waals surface area contributed by atoms with Crippen LogP contribution in [0.3, 0.4) is 0 Å². The minimum atomic E-state index is -0.210. The predicted octanol–water partition coefficient (Wildman–Crippen LogP) is 2.80. The average molecular weight is 182 g/mol. The molecule has 0 saturated carbocycles. The Bertz CT molecular complexity index is 167. The van der Waals surface area contributed by atoms with Gasteiger partial charge in [-0.2, -0.15) is 5.26 Å². The molecular formula is C11H22N2. The fraction of sp³-hybridized carbons (Fsp3) is 0.909. The lowest BCUT2D eigenvalue weighted by molar-refractivity contribution is 0.136. The van der Waals surface area contributed by atoms with E-state index in [4.69, 9.17) is 0 Å². The number of hydrogen-bond donors (Lipinski definition) is 0. The quantitative estimate of drug-likeness (QED) is 0.631. The Kier molecular flexibility index (Phi) is 5.73. The molecule has 1 atom stereocenters. The summed E-state index contributed by atoms with van der Waals surface area (Å²) in [6, 6.07) is 2.49. The molecule has 0 amide bonds. The molecule has 13 heavy (non-hydrogen) atoms. The Balaban J connectivity index is 4.63. The number of hydrogen-bond acceptors (Lipinski definition) is 2. The predicted molar refractivity (Wildman–Crippen MR) is 56.5 cm³/mol. The van der Waals surface area contributed by atoms with E-state index in [9.17, 15) is 5.26 Å². The largest absolute Gasteiger partial charge is 0.286 e. The second-order valence-electron chi connectivity index (χ2n) is 3.42. The smallest absolute Gasteiger partial charge is 0.108 e. The molecule has 0 heterocycles. The van der Waals surface area contributed by atoms with Crippen molar-refractivity contribution >= 4 is 0 Å². The van der Waals surface area contributed by atoms with Crippen molar-refractivity contribution in [2.45, 2.75) is 52.5 Å². The molecule has 0 saturated heterocycles. The Hall–Kier alpha value is -0.550. The van der Waals surface area contributed by atoms with E-state index in [1.807, 2.05) is 0 Å². The Morgan fingerprint density at radius 2 is 1.69 bits per heavy atom. The topological polar surface area (TPSA) is 27.0 Å². The van der Waals surface area contributed by atoms with Crippen molar-refractivity contribution in [1.82, 2.24) is 4.90 Å². The lowest BCUT2D eigenvalue weighted by Gasteiger charge is -2.36. The van der Waals surface area contributed by atoms with Gasteiger partial charge in [0.15, 0.2) is 0 Å². The van der Waals surface area contributed by atoms with Crippen LogP contribution in [0, 0.1) is 11.3 Å². The standard InChI is InChI=1S/C11H22N2/c1-5-9-11(6-2,10-12)13(7-3)8-4/h5-9H2,1-4H3. The van der Waals surface area contributed by atoms with E-state index in [2.05, 4.69) is 38.7 Å². The molecule has 0 aromatic rings. The van der Waals surface area contributed by atoms with Gasteiger partial charge in [0, 0.05) is 0 Å². The van der Waals surface area contributed by atoms with Gasteiger partial charge in [-0.3, -0.25) is 4.90 Å². The highest BCUT2D eigenvalue weighted by atomic mass is 15.2. The van der Waals surface area contributed by atoms with Crippen LogP contribution in [0.5, 0.6) is 0 Å². The van der Waals surface area contributed by atoms with E-state index >= 15 is 0 Å². The summed E-state index contributed by atoms with van der Waals surface area (Å²) >= 11 is 0. The van der Waals surface area contributed by atoms with Crippen LogP contribution in [0.2, 0.25) is 0 Å². The summed E-state index contributed by atoms with van der Waals surface area (Å²) < 4.78 is 0. The van der Waals surface area contributed by atoms with Crippen LogP contribution in [0.15, 0.2) is 0 Å². The third kappa shape index (κ3) is 2.70. The lowest BCUT2D eigenvalue weighted by Crippen LogP contribution is -2.47. The van der Waals surface area contributed by atoms with Crippen molar-refractivity contribution in [1.29, 1.82) is 5.26 Å². The Labute approximate surface area is 82.5 Å². The second kappa shape index (κ2) is 5.99. The molecular weight excluding hydrogens is 160 g/mol. The van der Waals surface area contributed by atoms with Crippen LogP contribution in [0.1, 0.15) is 47.0 Å². The van der Waals surface area contributed by atoms with Gasteiger partial charge < -0.3 is 0 Å². The molecule has 0 N–H and O–H groups in total. The monoisotopic (exact) mass is 182 g/mol. The van der Waals surface area contributed by atoms with E-state index in [0.717, 1.165) is 32.4 Å². The molecule has 0 radical (unpaired) electrons. The first kappa shape index (κ1) is 12.4. The lowest BCUT2D eigenvalue weighted by atomic mass is 9.90. The van der Waals surface area contributed by atoms with Gasteiger partial charge in [0.2, 0.25) is 0 Å². The summed E-state index contributed by atoms with van der Waals surface area (Å²) in [4.78, 5) is 2.27. The summed E-state index contributed by atoms with van der Waals surface area (Å²) in [6.07, 6.45) is 3.00. The van der Waals surface area contributed by atoms with Gasteiger partial charge in [-0.1, -0.05) is 34.1 Å². The fourth-order valence-corrected chi connectivity index (χ4v) is 2.01.